The lowest BCUT2D eigenvalue weighted by atomic mass is 9.96. The first-order chi connectivity index (χ1) is 8.86. The van der Waals surface area contributed by atoms with E-state index < -0.39 is 0 Å². The third-order valence-corrected chi connectivity index (χ3v) is 4.35. The summed E-state index contributed by atoms with van der Waals surface area (Å²) in [5.41, 5.74) is 0.123. The molecule has 0 bridgehead atoms. The predicted octanol–water partition coefficient (Wildman–Crippen LogP) is 2.40. The van der Waals surface area contributed by atoms with Crippen LogP contribution >= 0.6 is 11.8 Å². The number of hydrogen-bond acceptors (Lipinski definition) is 3. The van der Waals surface area contributed by atoms with Crippen molar-refractivity contribution in [2.45, 2.75) is 59.0 Å². The van der Waals surface area contributed by atoms with Crippen molar-refractivity contribution in [2.24, 2.45) is 10.9 Å². The number of nitrogens with one attached hydrogen (secondary N) is 2. The van der Waals surface area contributed by atoms with Crippen LogP contribution < -0.4 is 10.6 Å². The Morgan fingerprint density at radius 2 is 2.21 bits per heavy atom. The van der Waals surface area contributed by atoms with Gasteiger partial charge < -0.3 is 10.6 Å². The van der Waals surface area contributed by atoms with Crippen LogP contribution in [0.25, 0.3) is 0 Å². The van der Waals surface area contributed by atoms with Gasteiger partial charge in [0.25, 0.3) is 0 Å². The maximum absolute atomic E-state index is 11.9. The lowest BCUT2D eigenvalue weighted by molar-refractivity contribution is -0.122. The molecule has 1 rings (SSSR count). The molecule has 2 unspecified atom stereocenters. The zero-order valence-electron chi connectivity index (χ0n) is 12.7. The minimum absolute atomic E-state index is 0.00683. The Hall–Kier alpha value is -0.710. The van der Waals surface area contributed by atoms with E-state index in [1.54, 1.807) is 11.8 Å². The highest BCUT2D eigenvalue weighted by atomic mass is 32.2. The van der Waals surface area contributed by atoms with Crippen molar-refractivity contribution in [2.75, 3.05) is 12.3 Å². The van der Waals surface area contributed by atoms with Crippen LogP contribution in [0.3, 0.4) is 0 Å². The molecule has 1 heterocycles. The van der Waals surface area contributed by atoms with Crippen LogP contribution in [0.1, 0.15) is 47.5 Å². The van der Waals surface area contributed by atoms with Gasteiger partial charge in [0.2, 0.25) is 5.91 Å². The van der Waals surface area contributed by atoms with E-state index >= 15 is 0 Å². The first kappa shape index (κ1) is 16.3. The summed E-state index contributed by atoms with van der Waals surface area (Å²) in [4.78, 5) is 16.4. The number of carbonyl (C=O) groups is 1. The summed E-state index contributed by atoms with van der Waals surface area (Å²) >= 11 is 1.71. The number of hydrogen-bond donors (Lipinski definition) is 2. The van der Waals surface area contributed by atoms with Gasteiger partial charge in [0.15, 0.2) is 5.17 Å². The molecule has 2 atom stereocenters. The van der Waals surface area contributed by atoms with Crippen molar-refractivity contribution in [1.82, 2.24) is 10.6 Å². The molecule has 0 saturated carbocycles. The fraction of sp³-hybridized carbons (Fsp3) is 0.857. The molecular weight excluding hydrogens is 258 g/mol. The monoisotopic (exact) mass is 285 g/mol. The summed E-state index contributed by atoms with van der Waals surface area (Å²) in [5, 5.41) is 7.29. The molecule has 5 heteroatoms. The largest absolute Gasteiger partial charge is 0.360 e. The number of amides is 1. The molecule has 0 radical (unpaired) electrons. The van der Waals surface area contributed by atoms with Gasteiger partial charge in [-0.25, -0.2) is 4.99 Å². The minimum Gasteiger partial charge on any atom is -0.360 e. The summed E-state index contributed by atoms with van der Waals surface area (Å²) in [6.07, 6.45) is 2.21. The molecule has 110 valence electrons. The summed E-state index contributed by atoms with van der Waals surface area (Å²) in [5.74, 6) is 1.54. The highest BCUT2D eigenvalue weighted by molar-refractivity contribution is 8.13. The lowest BCUT2D eigenvalue weighted by Gasteiger charge is -2.35. The summed E-state index contributed by atoms with van der Waals surface area (Å²) < 4.78 is 0. The zero-order chi connectivity index (χ0) is 14.5. The van der Waals surface area contributed by atoms with Crippen molar-refractivity contribution >= 4 is 22.8 Å². The molecule has 0 spiro atoms. The van der Waals surface area contributed by atoms with Crippen LogP contribution in [0, 0.1) is 5.92 Å². The average Bonchev–Trinajstić information content (AvgIpc) is 2.36. The topological polar surface area (TPSA) is 53.5 Å². The van der Waals surface area contributed by atoms with E-state index in [1.807, 2.05) is 6.92 Å². The number of nitrogens with zero attached hydrogens (tertiary/aromatic N) is 1. The Balaban J connectivity index is 2.55. The molecule has 0 aliphatic carbocycles. The van der Waals surface area contributed by atoms with E-state index in [0.717, 1.165) is 23.8 Å². The standard InChI is InChI=1S/C14H27N3OS/c1-6-14(5)7-8-19-13(17-14)16-11(4)12(18)15-9-10(2)3/h10-11H,6-9H2,1-5H3,(H,15,18)(H,16,17). The Morgan fingerprint density at radius 1 is 1.53 bits per heavy atom. The fourth-order valence-electron chi connectivity index (χ4n) is 1.75. The Kier molecular flexibility index (Phi) is 6.17. The first-order valence-electron chi connectivity index (χ1n) is 7.13. The van der Waals surface area contributed by atoms with Gasteiger partial charge >= 0.3 is 0 Å². The molecule has 0 aromatic rings. The molecule has 1 aliphatic heterocycles. The van der Waals surface area contributed by atoms with Gasteiger partial charge in [0.05, 0.1) is 0 Å². The second kappa shape index (κ2) is 7.17. The minimum atomic E-state index is -0.326. The third-order valence-electron chi connectivity index (χ3n) is 3.46. The van der Waals surface area contributed by atoms with Crippen molar-refractivity contribution in [3.05, 3.63) is 0 Å². The fourth-order valence-corrected chi connectivity index (χ4v) is 3.05. The van der Waals surface area contributed by atoms with Crippen molar-refractivity contribution < 1.29 is 4.79 Å². The molecule has 0 aromatic heterocycles. The number of carbonyl (C=O) groups excluding carboxylic acids is 1. The quantitative estimate of drug-likeness (QED) is 0.815. The van der Waals surface area contributed by atoms with Crippen molar-refractivity contribution in [3.63, 3.8) is 0 Å². The molecular formula is C14H27N3OS. The smallest absolute Gasteiger partial charge is 0.244 e. The Bertz CT molecular complexity index is 344. The molecule has 19 heavy (non-hydrogen) atoms. The molecule has 1 saturated heterocycles. The molecule has 2 N–H and O–H groups in total. The van der Waals surface area contributed by atoms with E-state index in [4.69, 9.17) is 0 Å². The van der Waals surface area contributed by atoms with E-state index in [0.29, 0.717) is 12.5 Å². The van der Waals surface area contributed by atoms with Crippen LogP contribution in [-0.2, 0) is 4.79 Å². The molecule has 1 aliphatic rings. The van der Waals surface area contributed by atoms with Gasteiger partial charge in [-0.1, -0.05) is 32.5 Å². The number of thioether (sulfide) groups is 1. The van der Waals surface area contributed by atoms with Gasteiger partial charge in [-0.2, -0.15) is 0 Å². The van der Waals surface area contributed by atoms with Gasteiger partial charge in [-0.05, 0) is 32.6 Å². The molecule has 1 fully saturated rings. The molecule has 0 aromatic carbocycles. The van der Waals surface area contributed by atoms with E-state index in [-0.39, 0.29) is 17.5 Å². The van der Waals surface area contributed by atoms with Crippen LogP contribution in [0.15, 0.2) is 4.99 Å². The Labute approximate surface area is 121 Å². The van der Waals surface area contributed by atoms with Gasteiger partial charge in [0.1, 0.15) is 6.04 Å². The maximum atomic E-state index is 11.9. The SMILES string of the molecule is CCC1(C)CCSC(=NC(C)C(=O)NCC(C)C)N1. The highest BCUT2D eigenvalue weighted by Crippen LogP contribution is 2.25. The second-order valence-corrected chi connectivity index (χ2v) is 6.97. The summed E-state index contributed by atoms with van der Waals surface area (Å²) in [7, 11) is 0. The van der Waals surface area contributed by atoms with Gasteiger partial charge in [-0.3, -0.25) is 4.79 Å². The van der Waals surface area contributed by atoms with E-state index in [2.05, 4.69) is 43.3 Å². The highest BCUT2D eigenvalue weighted by Gasteiger charge is 2.28. The van der Waals surface area contributed by atoms with E-state index in [9.17, 15) is 4.79 Å². The summed E-state index contributed by atoms with van der Waals surface area (Å²) in [6.45, 7) is 11.1. The number of amidine groups is 1. The van der Waals surface area contributed by atoms with Gasteiger partial charge in [-0.15, -0.1) is 0 Å². The molecule has 4 nitrogen and oxygen atoms in total. The van der Waals surface area contributed by atoms with E-state index in [1.165, 1.54) is 0 Å². The third kappa shape index (κ3) is 5.43. The van der Waals surface area contributed by atoms with Gasteiger partial charge in [0, 0.05) is 17.8 Å². The summed E-state index contributed by atoms with van der Waals surface area (Å²) in [6, 6.07) is -0.326. The van der Waals surface area contributed by atoms with Crippen molar-refractivity contribution in [1.29, 1.82) is 0 Å². The van der Waals surface area contributed by atoms with Crippen LogP contribution in [0.5, 0.6) is 0 Å². The first-order valence-corrected chi connectivity index (χ1v) is 8.11. The lowest BCUT2D eigenvalue weighted by Crippen LogP contribution is -2.48. The number of rotatable bonds is 5. The Morgan fingerprint density at radius 3 is 2.79 bits per heavy atom. The normalized spacial score (nSPS) is 27.2. The zero-order valence-corrected chi connectivity index (χ0v) is 13.6. The predicted molar refractivity (Wildman–Crippen MR) is 83.7 cm³/mol. The maximum Gasteiger partial charge on any atom is 0.244 e. The van der Waals surface area contributed by atoms with Crippen LogP contribution in [0.2, 0.25) is 0 Å². The molecule has 1 amide bonds. The second-order valence-electron chi connectivity index (χ2n) is 5.89. The number of aliphatic imine (C=N–C) groups is 1. The van der Waals surface area contributed by atoms with Crippen LogP contribution in [-0.4, -0.2) is 35.0 Å². The van der Waals surface area contributed by atoms with Crippen LogP contribution in [0.4, 0.5) is 0 Å². The van der Waals surface area contributed by atoms with Crippen molar-refractivity contribution in [3.8, 4) is 0 Å². The average molecular weight is 285 g/mol.